The van der Waals surface area contributed by atoms with Crippen LogP contribution in [0.15, 0.2) is 0 Å². The fourth-order valence-electron chi connectivity index (χ4n) is 0.805. The lowest BCUT2D eigenvalue weighted by Crippen LogP contribution is -2.21. The molecular weight excluding hydrogens is 152 g/mol. The molecule has 0 bridgehead atoms. The molecule has 1 saturated carbocycles. The molecule has 0 atom stereocenters. The molecule has 0 aromatic rings. The maximum Gasteiger partial charge on any atom is 0.308 e. The highest BCUT2D eigenvalue weighted by atomic mass is 16.5. The molecule has 1 rings (SSSR count). The van der Waals surface area contributed by atoms with E-state index in [1.807, 2.05) is 0 Å². The highest BCUT2D eigenvalue weighted by Crippen LogP contribution is 2.31. The summed E-state index contributed by atoms with van der Waals surface area (Å²) in [6, 6.07) is 0. The molecule has 0 radical (unpaired) electrons. The Bertz CT molecular complexity index is 169. The molecule has 2 heteroatoms. The first-order chi connectivity index (χ1) is 5.55. The van der Waals surface area contributed by atoms with Crippen LogP contribution in [0.1, 0.15) is 40.0 Å². The van der Waals surface area contributed by atoms with Crippen molar-refractivity contribution in [2.24, 2.45) is 11.3 Å². The molecule has 0 aliphatic heterocycles. The first-order valence-electron chi connectivity index (χ1n) is 4.72. The molecule has 0 unspecified atom stereocenters. The maximum absolute atomic E-state index is 11.1. The average Bonchev–Trinajstić information content (AvgIpc) is 2.83. The van der Waals surface area contributed by atoms with Gasteiger partial charge in [0.15, 0.2) is 0 Å². The van der Waals surface area contributed by atoms with Crippen molar-refractivity contribution in [3.05, 3.63) is 0 Å². The minimum absolute atomic E-state index is 0.0107. The molecule has 2 nitrogen and oxygen atoms in total. The SMILES string of the molecule is CCC(C)(C)COC(=O)C1CC1. The second-order valence-electron chi connectivity index (χ2n) is 4.40. The van der Waals surface area contributed by atoms with Crippen LogP contribution in [0.2, 0.25) is 0 Å². The summed E-state index contributed by atoms with van der Waals surface area (Å²) in [6.07, 6.45) is 3.11. The van der Waals surface area contributed by atoms with Gasteiger partial charge >= 0.3 is 5.97 Å². The van der Waals surface area contributed by atoms with Gasteiger partial charge in [0.25, 0.3) is 0 Å². The van der Waals surface area contributed by atoms with Gasteiger partial charge in [-0.3, -0.25) is 4.79 Å². The molecule has 0 saturated heterocycles. The Balaban J connectivity index is 2.19. The quantitative estimate of drug-likeness (QED) is 0.605. The van der Waals surface area contributed by atoms with Crippen LogP contribution in [0.4, 0.5) is 0 Å². The molecule has 0 amide bonds. The third kappa shape index (κ3) is 2.84. The fourth-order valence-corrected chi connectivity index (χ4v) is 0.805. The zero-order valence-corrected chi connectivity index (χ0v) is 8.22. The Morgan fingerprint density at radius 1 is 1.50 bits per heavy atom. The summed E-state index contributed by atoms with van der Waals surface area (Å²) in [6.45, 7) is 6.92. The van der Waals surface area contributed by atoms with Crippen LogP contribution in [0.3, 0.4) is 0 Å². The molecule has 1 aliphatic rings. The van der Waals surface area contributed by atoms with Crippen molar-refractivity contribution in [1.82, 2.24) is 0 Å². The molecule has 12 heavy (non-hydrogen) atoms. The van der Waals surface area contributed by atoms with Crippen LogP contribution in [0.25, 0.3) is 0 Å². The number of carbonyl (C=O) groups is 1. The van der Waals surface area contributed by atoms with Crippen LogP contribution in [-0.2, 0) is 9.53 Å². The van der Waals surface area contributed by atoms with Crippen LogP contribution in [0, 0.1) is 11.3 Å². The predicted molar refractivity (Wildman–Crippen MR) is 47.8 cm³/mol. The zero-order chi connectivity index (χ0) is 9.19. The lowest BCUT2D eigenvalue weighted by atomic mass is 9.92. The van der Waals surface area contributed by atoms with Gasteiger partial charge in [0.2, 0.25) is 0 Å². The molecule has 0 heterocycles. The van der Waals surface area contributed by atoms with Crippen LogP contribution in [0.5, 0.6) is 0 Å². The van der Waals surface area contributed by atoms with Crippen molar-refractivity contribution in [2.75, 3.05) is 6.61 Å². The van der Waals surface area contributed by atoms with E-state index >= 15 is 0 Å². The standard InChI is InChI=1S/C10H18O2/c1-4-10(2,3)7-12-9(11)8-5-6-8/h8H,4-7H2,1-3H3. The maximum atomic E-state index is 11.1. The Hall–Kier alpha value is -0.530. The minimum Gasteiger partial charge on any atom is -0.465 e. The molecule has 70 valence electrons. The van der Waals surface area contributed by atoms with Gasteiger partial charge in [-0.2, -0.15) is 0 Å². The lowest BCUT2D eigenvalue weighted by molar-refractivity contribution is -0.148. The summed E-state index contributed by atoms with van der Waals surface area (Å²) in [5.41, 5.74) is 0.143. The van der Waals surface area contributed by atoms with Gasteiger partial charge < -0.3 is 4.74 Å². The summed E-state index contributed by atoms with van der Waals surface area (Å²) in [5, 5.41) is 0. The Kier molecular flexibility index (Phi) is 2.76. The van der Waals surface area contributed by atoms with Crippen molar-refractivity contribution < 1.29 is 9.53 Å². The van der Waals surface area contributed by atoms with Gasteiger partial charge in [-0.05, 0) is 24.7 Å². The van der Waals surface area contributed by atoms with Crippen molar-refractivity contribution >= 4 is 5.97 Å². The first-order valence-corrected chi connectivity index (χ1v) is 4.72. The van der Waals surface area contributed by atoms with E-state index in [4.69, 9.17) is 4.74 Å². The van der Waals surface area contributed by atoms with Crippen molar-refractivity contribution in [1.29, 1.82) is 0 Å². The van der Waals surface area contributed by atoms with E-state index in [0.717, 1.165) is 19.3 Å². The Morgan fingerprint density at radius 3 is 2.50 bits per heavy atom. The van der Waals surface area contributed by atoms with Crippen molar-refractivity contribution in [3.63, 3.8) is 0 Å². The van der Waals surface area contributed by atoms with E-state index in [-0.39, 0.29) is 17.3 Å². The van der Waals surface area contributed by atoms with Gasteiger partial charge in [0.1, 0.15) is 0 Å². The molecule has 1 aliphatic carbocycles. The number of ether oxygens (including phenoxy) is 1. The number of rotatable bonds is 4. The number of esters is 1. The van der Waals surface area contributed by atoms with Crippen LogP contribution in [-0.4, -0.2) is 12.6 Å². The molecule has 0 N–H and O–H groups in total. The highest BCUT2D eigenvalue weighted by molar-refractivity contribution is 5.74. The Morgan fingerprint density at radius 2 is 2.08 bits per heavy atom. The largest absolute Gasteiger partial charge is 0.465 e. The van der Waals surface area contributed by atoms with E-state index in [1.54, 1.807) is 0 Å². The average molecular weight is 170 g/mol. The van der Waals surface area contributed by atoms with E-state index in [0.29, 0.717) is 6.61 Å². The Labute approximate surface area is 74.3 Å². The van der Waals surface area contributed by atoms with E-state index in [1.165, 1.54) is 0 Å². The van der Waals surface area contributed by atoms with Crippen LogP contribution >= 0.6 is 0 Å². The third-order valence-electron chi connectivity index (χ3n) is 2.47. The fraction of sp³-hybridized carbons (Fsp3) is 0.900. The normalized spacial score (nSPS) is 17.6. The highest BCUT2D eigenvalue weighted by Gasteiger charge is 2.32. The molecule has 1 fully saturated rings. The number of hydrogen-bond acceptors (Lipinski definition) is 2. The van der Waals surface area contributed by atoms with Crippen LogP contribution < -0.4 is 0 Å². The summed E-state index contributed by atoms with van der Waals surface area (Å²) < 4.78 is 5.18. The predicted octanol–water partition coefficient (Wildman–Crippen LogP) is 2.38. The molecule has 0 aromatic carbocycles. The summed E-state index contributed by atoms with van der Waals surface area (Å²) >= 11 is 0. The van der Waals surface area contributed by atoms with E-state index in [2.05, 4.69) is 20.8 Å². The topological polar surface area (TPSA) is 26.3 Å². The van der Waals surface area contributed by atoms with Gasteiger partial charge in [-0.1, -0.05) is 20.8 Å². The summed E-state index contributed by atoms with van der Waals surface area (Å²) in [4.78, 5) is 11.1. The summed E-state index contributed by atoms with van der Waals surface area (Å²) in [5.74, 6) is 0.245. The minimum atomic E-state index is 0.0107. The molecule has 0 spiro atoms. The molecular formula is C10H18O2. The third-order valence-corrected chi connectivity index (χ3v) is 2.47. The lowest BCUT2D eigenvalue weighted by Gasteiger charge is -2.21. The molecule has 0 aromatic heterocycles. The van der Waals surface area contributed by atoms with Gasteiger partial charge in [-0.15, -0.1) is 0 Å². The number of hydrogen-bond donors (Lipinski definition) is 0. The smallest absolute Gasteiger partial charge is 0.308 e. The van der Waals surface area contributed by atoms with Gasteiger partial charge in [0.05, 0.1) is 12.5 Å². The van der Waals surface area contributed by atoms with Gasteiger partial charge in [0, 0.05) is 0 Å². The van der Waals surface area contributed by atoms with Gasteiger partial charge in [-0.25, -0.2) is 0 Å². The van der Waals surface area contributed by atoms with Crippen molar-refractivity contribution in [3.8, 4) is 0 Å². The van der Waals surface area contributed by atoms with Crippen molar-refractivity contribution in [2.45, 2.75) is 40.0 Å². The van der Waals surface area contributed by atoms with E-state index in [9.17, 15) is 4.79 Å². The summed E-state index contributed by atoms with van der Waals surface area (Å²) in [7, 11) is 0. The second-order valence-corrected chi connectivity index (χ2v) is 4.40. The second kappa shape index (κ2) is 3.46. The first kappa shape index (κ1) is 9.56. The number of carbonyl (C=O) groups excluding carboxylic acids is 1. The van der Waals surface area contributed by atoms with E-state index < -0.39 is 0 Å². The zero-order valence-electron chi connectivity index (χ0n) is 8.22. The monoisotopic (exact) mass is 170 g/mol.